The van der Waals surface area contributed by atoms with Crippen LogP contribution in [0.15, 0.2) is 0 Å². The van der Waals surface area contributed by atoms with Crippen LogP contribution in [0.2, 0.25) is 0 Å². The zero-order valence-electron chi connectivity index (χ0n) is 33.9. The summed E-state index contributed by atoms with van der Waals surface area (Å²) in [5.41, 5.74) is -0.214. The summed E-state index contributed by atoms with van der Waals surface area (Å²) in [4.78, 5) is 0. The first-order chi connectivity index (χ1) is 21.0. The quantitative estimate of drug-likeness (QED) is 0.0921. The molecule has 0 aromatic rings. The summed E-state index contributed by atoms with van der Waals surface area (Å²) in [5.74, 6) is -1.55. The van der Waals surface area contributed by atoms with Crippen LogP contribution in [0.1, 0.15) is 157 Å². The lowest BCUT2D eigenvalue weighted by Gasteiger charge is -2.36. The van der Waals surface area contributed by atoms with E-state index < -0.39 is 42.4 Å². The molecule has 0 rings (SSSR count). The molecule has 0 saturated heterocycles. The topological polar surface area (TPSA) is 142 Å². The number of halogens is 2. The van der Waals surface area contributed by atoms with Crippen molar-refractivity contribution < 1.29 is 44.5 Å². The van der Waals surface area contributed by atoms with Gasteiger partial charge in [0.15, 0.2) is 0 Å². The summed E-state index contributed by atoms with van der Waals surface area (Å²) in [7, 11) is 0. The van der Waals surface area contributed by atoms with Gasteiger partial charge in [-0.05, 0) is 74.0 Å². The highest BCUT2D eigenvalue weighted by Gasteiger charge is 2.40. The lowest BCUT2D eigenvalue weighted by Crippen LogP contribution is -2.41. The van der Waals surface area contributed by atoms with E-state index in [9.17, 15) is 19.0 Å². The van der Waals surface area contributed by atoms with E-state index in [-0.39, 0.29) is 30.0 Å². The standard InChI is InChI=1S/C9H20O2.C8H18O.C7H14F2O.C7H16O2.C7H16O/c1-6(2)9(4,5)8(11)7(3)10;1-6(2)5-8(9)7(3)4;1-4-6(10)7(8,9)5(2)3;1-4-6(8)7(9)5(2)3;1-4-7(8)5-6(2)3/h6-8,10-11H,1-5H3;6-9H,5H2,1-4H3;5-6,10H,4H2,1-3H3;5-9H,4H2,1-3H3;6-8H,4-5H2,1-3H3. The fourth-order valence-electron chi connectivity index (χ4n) is 3.77. The van der Waals surface area contributed by atoms with Crippen molar-refractivity contribution in [1.82, 2.24) is 0 Å². The first-order valence-corrected chi connectivity index (χ1v) is 18.2. The van der Waals surface area contributed by atoms with Gasteiger partial charge in [0.2, 0.25) is 0 Å². The van der Waals surface area contributed by atoms with E-state index in [2.05, 4.69) is 27.7 Å². The molecule has 292 valence electrons. The van der Waals surface area contributed by atoms with Gasteiger partial charge >= 0.3 is 0 Å². The molecule has 7 nitrogen and oxygen atoms in total. The minimum absolute atomic E-state index is 0.0741. The molecule has 0 aliphatic carbocycles. The summed E-state index contributed by atoms with van der Waals surface area (Å²) in [6.45, 7) is 34.3. The Balaban J connectivity index is -0.000000157. The highest BCUT2D eigenvalue weighted by atomic mass is 19.3. The summed E-state index contributed by atoms with van der Waals surface area (Å²) < 4.78 is 25.4. The predicted molar refractivity (Wildman–Crippen MR) is 196 cm³/mol. The van der Waals surface area contributed by atoms with Crippen molar-refractivity contribution >= 4 is 0 Å². The van der Waals surface area contributed by atoms with E-state index in [0.29, 0.717) is 30.1 Å². The molecule has 0 saturated carbocycles. The zero-order valence-corrected chi connectivity index (χ0v) is 33.9. The van der Waals surface area contributed by atoms with Crippen molar-refractivity contribution in [2.45, 2.75) is 205 Å². The smallest absolute Gasteiger partial charge is 0.275 e. The van der Waals surface area contributed by atoms with Crippen molar-refractivity contribution in [3.8, 4) is 0 Å². The molecule has 0 aromatic heterocycles. The molecule has 47 heavy (non-hydrogen) atoms. The van der Waals surface area contributed by atoms with Gasteiger partial charge in [-0.1, -0.05) is 118 Å². The summed E-state index contributed by atoms with van der Waals surface area (Å²) in [5, 5.41) is 64.1. The fourth-order valence-corrected chi connectivity index (χ4v) is 3.77. The molecule has 0 aromatic carbocycles. The fraction of sp³-hybridized carbons (Fsp3) is 1.00. The second-order valence-corrected chi connectivity index (χ2v) is 15.8. The molecule has 0 heterocycles. The van der Waals surface area contributed by atoms with Crippen molar-refractivity contribution in [1.29, 1.82) is 0 Å². The van der Waals surface area contributed by atoms with Crippen LogP contribution in [-0.2, 0) is 0 Å². The number of alkyl halides is 2. The molecule has 7 N–H and O–H groups in total. The van der Waals surface area contributed by atoms with Crippen LogP contribution < -0.4 is 0 Å². The SMILES string of the molecule is CC(C)CC(O)C(C)C.CC(O)C(O)C(C)(C)C(C)C.CCC(O)C(F)(F)C(C)C.CCC(O)C(O)C(C)C.CCC(O)CC(C)C. The van der Waals surface area contributed by atoms with Gasteiger partial charge < -0.3 is 35.7 Å². The third kappa shape index (κ3) is 30.2. The Morgan fingerprint density at radius 1 is 0.511 bits per heavy atom. The average molecular weight is 691 g/mol. The molecule has 0 bridgehead atoms. The molecule has 0 radical (unpaired) electrons. The lowest BCUT2D eigenvalue weighted by molar-refractivity contribution is -0.139. The number of hydrogen-bond donors (Lipinski definition) is 7. The third-order valence-corrected chi connectivity index (χ3v) is 8.50. The van der Waals surface area contributed by atoms with Gasteiger partial charge in [-0.3, -0.25) is 0 Å². The maximum Gasteiger partial charge on any atom is 0.275 e. The van der Waals surface area contributed by atoms with Crippen LogP contribution in [0, 0.1) is 40.9 Å². The van der Waals surface area contributed by atoms with Gasteiger partial charge in [0.25, 0.3) is 5.92 Å². The third-order valence-electron chi connectivity index (χ3n) is 8.50. The average Bonchev–Trinajstić information content (AvgIpc) is 2.95. The molecule has 9 heteroatoms. The molecule has 0 spiro atoms. The van der Waals surface area contributed by atoms with Crippen LogP contribution in [0.5, 0.6) is 0 Å². The van der Waals surface area contributed by atoms with Crippen LogP contribution in [-0.4, -0.2) is 84.4 Å². The predicted octanol–water partition coefficient (Wildman–Crippen LogP) is 8.09. The first-order valence-electron chi connectivity index (χ1n) is 18.2. The monoisotopic (exact) mass is 691 g/mol. The number of aliphatic hydroxyl groups excluding tert-OH is 7. The largest absolute Gasteiger partial charge is 0.393 e. The molecule has 0 amide bonds. The van der Waals surface area contributed by atoms with Crippen molar-refractivity contribution in [2.75, 3.05) is 0 Å². The second kappa shape index (κ2) is 29.3. The Kier molecular flexibility index (Phi) is 34.9. The Labute approximate surface area is 290 Å². The number of rotatable bonds is 15. The minimum Gasteiger partial charge on any atom is -0.393 e. The van der Waals surface area contributed by atoms with Crippen molar-refractivity contribution in [2.24, 2.45) is 40.9 Å². The highest BCUT2D eigenvalue weighted by molar-refractivity contribution is 4.83. The molecule has 7 unspecified atom stereocenters. The normalized spacial score (nSPS) is 16.5. The lowest BCUT2D eigenvalue weighted by atomic mass is 9.74. The van der Waals surface area contributed by atoms with Gasteiger partial charge in [-0.15, -0.1) is 0 Å². The summed E-state index contributed by atoms with van der Waals surface area (Å²) in [6, 6.07) is 0. The Morgan fingerprint density at radius 2 is 0.915 bits per heavy atom. The second-order valence-electron chi connectivity index (χ2n) is 15.8. The van der Waals surface area contributed by atoms with Crippen LogP contribution >= 0.6 is 0 Å². The molecule has 7 atom stereocenters. The maximum atomic E-state index is 12.7. The Bertz CT molecular complexity index is 668. The van der Waals surface area contributed by atoms with E-state index in [1.165, 1.54) is 13.8 Å². The molecule has 0 aliphatic rings. The van der Waals surface area contributed by atoms with E-state index in [0.717, 1.165) is 19.3 Å². The van der Waals surface area contributed by atoms with Gasteiger partial charge in [-0.25, -0.2) is 8.78 Å². The van der Waals surface area contributed by atoms with Crippen molar-refractivity contribution in [3.05, 3.63) is 0 Å². The Morgan fingerprint density at radius 3 is 1.02 bits per heavy atom. The number of hydrogen-bond acceptors (Lipinski definition) is 7. The minimum atomic E-state index is -2.94. The van der Waals surface area contributed by atoms with Crippen LogP contribution in [0.4, 0.5) is 8.78 Å². The highest BCUT2D eigenvalue weighted by Crippen LogP contribution is 2.31. The summed E-state index contributed by atoms with van der Waals surface area (Å²) in [6.07, 6.45) is -0.584. The maximum absolute atomic E-state index is 12.7. The van der Waals surface area contributed by atoms with Crippen molar-refractivity contribution in [3.63, 3.8) is 0 Å². The molecule has 0 fully saturated rings. The van der Waals surface area contributed by atoms with E-state index in [4.69, 9.17) is 25.5 Å². The van der Waals surface area contributed by atoms with E-state index in [1.54, 1.807) is 13.8 Å². The van der Waals surface area contributed by atoms with Gasteiger partial charge in [0.05, 0.1) is 36.6 Å². The zero-order chi connectivity index (χ0) is 39.0. The molecular formula is C38H84F2O7. The Hall–Kier alpha value is -0.420. The van der Waals surface area contributed by atoms with Gasteiger partial charge in [0.1, 0.15) is 6.10 Å². The van der Waals surface area contributed by atoms with Gasteiger partial charge in [-0.2, -0.15) is 0 Å². The van der Waals surface area contributed by atoms with Gasteiger partial charge in [0, 0.05) is 5.92 Å². The number of aliphatic hydroxyl groups is 7. The first kappa shape index (κ1) is 56.0. The van der Waals surface area contributed by atoms with Crippen LogP contribution in [0.25, 0.3) is 0 Å². The molecule has 0 aliphatic heterocycles. The van der Waals surface area contributed by atoms with Crippen LogP contribution in [0.3, 0.4) is 0 Å². The molecular weight excluding hydrogens is 606 g/mol. The van der Waals surface area contributed by atoms with E-state index >= 15 is 0 Å². The van der Waals surface area contributed by atoms with E-state index in [1.807, 2.05) is 69.2 Å². The summed E-state index contributed by atoms with van der Waals surface area (Å²) >= 11 is 0.